The topological polar surface area (TPSA) is 93.2 Å². The fourth-order valence-electron chi connectivity index (χ4n) is 2.80. The maximum Gasteiger partial charge on any atom is 0.240 e. The summed E-state index contributed by atoms with van der Waals surface area (Å²) in [7, 11) is -7.95. The highest BCUT2D eigenvalue weighted by Gasteiger charge is 2.31. The van der Waals surface area contributed by atoms with Crippen molar-refractivity contribution in [2.24, 2.45) is 0 Å². The van der Waals surface area contributed by atoms with Gasteiger partial charge in [-0.05, 0) is 54.4 Å². The third-order valence-electron chi connectivity index (χ3n) is 4.40. The van der Waals surface area contributed by atoms with Crippen LogP contribution in [0.4, 0.5) is 4.39 Å². The average Bonchev–Trinajstić information content (AvgIpc) is 2.71. The van der Waals surface area contributed by atoms with Crippen LogP contribution < -0.4 is 4.72 Å². The molecule has 9 heteroatoms. The van der Waals surface area contributed by atoms with Crippen LogP contribution in [0.25, 0.3) is 0 Å². The zero-order valence-corrected chi connectivity index (χ0v) is 17.1. The maximum atomic E-state index is 13.6. The summed E-state index contributed by atoms with van der Waals surface area (Å²) in [6.07, 6.45) is 2.86. The third kappa shape index (κ3) is 4.69. The molecule has 29 heavy (non-hydrogen) atoms. The van der Waals surface area contributed by atoms with Crippen molar-refractivity contribution < 1.29 is 21.2 Å². The second-order valence-corrected chi connectivity index (χ2v) is 10.3. The highest BCUT2D eigenvalue weighted by molar-refractivity contribution is 7.92. The Labute approximate surface area is 169 Å². The van der Waals surface area contributed by atoms with E-state index in [2.05, 4.69) is 9.71 Å². The van der Waals surface area contributed by atoms with E-state index in [0.29, 0.717) is 5.56 Å². The van der Waals surface area contributed by atoms with E-state index in [9.17, 15) is 21.2 Å². The van der Waals surface area contributed by atoms with Gasteiger partial charge in [-0.2, -0.15) is 0 Å². The Bertz CT molecular complexity index is 1200. The Balaban J connectivity index is 1.98. The summed E-state index contributed by atoms with van der Waals surface area (Å²) in [5, 5.41) is -1.24. The van der Waals surface area contributed by atoms with E-state index in [4.69, 9.17) is 0 Å². The number of aromatic nitrogens is 1. The van der Waals surface area contributed by atoms with Gasteiger partial charge in [-0.1, -0.05) is 24.3 Å². The van der Waals surface area contributed by atoms with E-state index in [-0.39, 0.29) is 15.4 Å². The zero-order valence-electron chi connectivity index (χ0n) is 15.5. The van der Waals surface area contributed by atoms with E-state index in [0.717, 1.165) is 6.07 Å². The van der Waals surface area contributed by atoms with Gasteiger partial charge in [0.15, 0.2) is 9.84 Å². The molecule has 1 atom stereocenters. The van der Waals surface area contributed by atoms with Gasteiger partial charge < -0.3 is 0 Å². The molecule has 0 radical (unpaired) electrons. The molecular formula is C20H19FN2O4S2. The number of benzene rings is 2. The number of aryl methyl sites for hydroxylation is 1. The largest absolute Gasteiger partial charge is 0.264 e. The van der Waals surface area contributed by atoms with Crippen molar-refractivity contribution in [3.63, 3.8) is 0 Å². The van der Waals surface area contributed by atoms with E-state index in [1.807, 2.05) is 0 Å². The fraction of sp³-hybridized carbons (Fsp3) is 0.150. The quantitative estimate of drug-likeness (QED) is 0.577. The first-order valence-corrected chi connectivity index (χ1v) is 11.7. The van der Waals surface area contributed by atoms with E-state index in [1.165, 1.54) is 43.6 Å². The van der Waals surface area contributed by atoms with Gasteiger partial charge in [-0.3, -0.25) is 4.98 Å². The molecule has 0 spiro atoms. The molecule has 0 aliphatic carbocycles. The molecule has 0 unspecified atom stereocenters. The van der Waals surface area contributed by atoms with Gasteiger partial charge in [0.05, 0.1) is 9.79 Å². The summed E-state index contributed by atoms with van der Waals surface area (Å²) in [5.41, 5.74) is 0.506. The lowest BCUT2D eigenvalue weighted by Crippen LogP contribution is -2.32. The van der Waals surface area contributed by atoms with Crippen LogP contribution in [0.15, 0.2) is 82.8 Å². The number of rotatable bonds is 7. The number of hydrogen-bond donors (Lipinski definition) is 1. The van der Waals surface area contributed by atoms with Crippen LogP contribution in [0.3, 0.4) is 0 Å². The number of nitrogens with one attached hydrogen (secondary N) is 1. The number of sulfonamides is 1. The molecule has 0 saturated carbocycles. The van der Waals surface area contributed by atoms with Gasteiger partial charge in [-0.15, -0.1) is 0 Å². The number of sulfone groups is 1. The molecular weight excluding hydrogens is 415 g/mol. The predicted octanol–water partition coefficient (Wildman–Crippen LogP) is 3.02. The van der Waals surface area contributed by atoms with E-state index >= 15 is 0 Å². The Morgan fingerprint density at radius 2 is 1.69 bits per heavy atom. The summed E-state index contributed by atoms with van der Waals surface area (Å²) in [5.74, 6) is -0.522. The van der Waals surface area contributed by atoms with Crippen molar-refractivity contribution in [3.05, 3.63) is 90.0 Å². The molecule has 0 aliphatic heterocycles. The summed E-state index contributed by atoms with van der Waals surface area (Å²) < 4.78 is 67.6. The summed E-state index contributed by atoms with van der Waals surface area (Å²) in [6.45, 7) is 1.06. The standard InChI is InChI=1S/C20H19FN2O4S2/c1-15-12-18(9-10-19(15)21)28(24,25)20(16-6-5-11-22-13-16)14-23-29(26,27)17-7-3-2-4-8-17/h2-13,20,23H,14H2,1H3/t20-/m0/s1. The second-order valence-electron chi connectivity index (χ2n) is 6.40. The normalized spacial score (nSPS) is 13.2. The Hall–Kier alpha value is -2.62. The van der Waals surface area contributed by atoms with Crippen molar-refractivity contribution >= 4 is 19.9 Å². The highest BCUT2D eigenvalue weighted by Crippen LogP contribution is 2.29. The van der Waals surface area contributed by atoms with Gasteiger partial charge in [0, 0.05) is 18.9 Å². The van der Waals surface area contributed by atoms with Crippen molar-refractivity contribution in [1.29, 1.82) is 0 Å². The molecule has 0 aliphatic rings. The van der Waals surface area contributed by atoms with Crippen molar-refractivity contribution in [3.8, 4) is 0 Å². The number of pyridine rings is 1. The molecule has 6 nitrogen and oxygen atoms in total. The van der Waals surface area contributed by atoms with Crippen LogP contribution in [-0.2, 0) is 19.9 Å². The second kappa shape index (κ2) is 8.40. The summed E-state index contributed by atoms with van der Waals surface area (Å²) in [6, 6.07) is 14.3. The highest BCUT2D eigenvalue weighted by atomic mass is 32.2. The minimum Gasteiger partial charge on any atom is -0.264 e. The summed E-state index contributed by atoms with van der Waals surface area (Å²) >= 11 is 0. The lowest BCUT2D eigenvalue weighted by molar-refractivity contribution is 0.568. The number of nitrogens with zero attached hydrogens (tertiary/aromatic N) is 1. The molecule has 3 aromatic rings. The molecule has 2 aromatic carbocycles. The first-order valence-electron chi connectivity index (χ1n) is 8.66. The molecule has 1 N–H and O–H groups in total. The van der Waals surface area contributed by atoms with Gasteiger partial charge >= 0.3 is 0 Å². The zero-order chi connectivity index (χ0) is 21.1. The van der Waals surface area contributed by atoms with Crippen molar-refractivity contribution in [2.75, 3.05) is 6.54 Å². The molecule has 1 heterocycles. The average molecular weight is 435 g/mol. The molecule has 3 rings (SSSR count). The minimum absolute atomic E-state index is 0.0277. The number of halogens is 1. The third-order valence-corrected chi connectivity index (χ3v) is 7.94. The van der Waals surface area contributed by atoms with Crippen LogP contribution >= 0.6 is 0 Å². The maximum absolute atomic E-state index is 13.6. The van der Waals surface area contributed by atoms with Gasteiger partial charge in [0.2, 0.25) is 10.0 Å². The number of hydrogen-bond acceptors (Lipinski definition) is 5. The van der Waals surface area contributed by atoms with Crippen LogP contribution in [0, 0.1) is 12.7 Å². The first kappa shape index (κ1) is 21.1. The Kier molecular flexibility index (Phi) is 6.11. The van der Waals surface area contributed by atoms with E-state index < -0.39 is 37.5 Å². The fourth-order valence-corrected chi connectivity index (χ4v) is 5.70. The molecule has 0 amide bonds. The molecule has 152 valence electrons. The lowest BCUT2D eigenvalue weighted by Gasteiger charge is -2.19. The molecule has 0 saturated heterocycles. The first-order chi connectivity index (χ1) is 13.7. The minimum atomic E-state index is -4.03. The smallest absolute Gasteiger partial charge is 0.240 e. The van der Waals surface area contributed by atoms with Crippen molar-refractivity contribution in [1.82, 2.24) is 9.71 Å². The monoisotopic (exact) mass is 434 g/mol. The molecule has 0 bridgehead atoms. The Morgan fingerprint density at radius 3 is 2.31 bits per heavy atom. The SMILES string of the molecule is Cc1cc(S(=O)(=O)[C@@H](CNS(=O)(=O)c2ccccc2)c2cccnc2)ccc1F. The summed E-state index contributed by atoms with van der Waals surface area (Å²) in [4.78, 5) is 3.88. The van der Waals surface area contributed by atoms with Crippen LogP contribution in [0.2, 0.25) is 0 Å². The van der Waals surface area contributed by atoms with E-state index in [1.54, 1.807) is 30.3 Å². The van der Waals surface area contributed by atoms with Gasteiger partial charge in [0.25, 0.3) is 0 Å². The molecule has 1 aromatic heterocycles. The van der Waals surface area contributed by atoms with Crippen LogP contribution in [0.5, 0.6) is 0 Å². The lowest BCUT2D eigenvalue weighted by atomic mass is 10.2. The Morgan fingerprint density at radius 1 is 0.966 bits per heavy atom. The molecule has 0 fully saturated rings. The van der Waals surface area contributed by atoms with Gasteiger partial charge in [0.1, 0.15) is 11.1 Å². The van der Waals surface area contributed by atoms with Gasteiger partial charge in [-0.25, -0.2) is 25.9 Å². The predicted molar refractivity (Wildman–Crippen MR) is 107 cm³/mol. The van der Waals surface area contributed by atoms with Crippen molar-refractivity contribution in [2.45, 2.75) is 22.0 Å². The van der Waals surface area contributed by atoms with Crippen LogP contribution in [-0.4, -0.2) is 28.4 Å². The van der Waals surface area contributed by atoms with Crippen LogP contribution in [0.1, 0.15) is 16.4 Å².